The summed E-state index contributed by atoms with van der Waals surface area (Å²) in [5.74, 6) is -0.0315. The molecule has 1 aromatic heterocycles. The summed E-state index contributed by atoms with van der Waals surface area (Å²) in [7, 11) is 0. The van der Waals surface area contributed by atoms with Gasteiger partial charge in [-0.1, -0.05) is 18.2 Å². The van der Waals surface area contributed by atoms with Crippen LogP contribution in [0.15, 0.2) is 30.3 Å². The number of ether oxygens (including phenoxy) is 1. The van der Waals surface area contributed by atoms with E-state index in [4.69, 9.17) is 4.74 Å². The molecule has 2 aromatic rings. The van der Waals surface area contributed by atoms with Crippen LogP contribution in [0.3, 0.4) is 0 Å². The third-order valence-corrected chi connectivity index (χ3v) is 4.12. The lowest BCUT2D eigenvalue weighted by Gasteiger charge is -2.22. The van der Waals surface area contributed by atoms with Crippen LogP contribution < -0.4 is 10.6 Å². The third-order valence-electron chi connectivity index (χ3n) is 4.12. The van der Waals surface area contributed by atoms with Gasteiger partial charge in [0, 0.05) is 24.3 Å². The van der Waals surface area contributed by atoms with Crippen LogP contribution in [0.4, 0.5) is 0 Å². The van der Waals surface area contributed by atoms with Crippen LogP contribution in [0.25, 0.3) is 5.69 Å². The summed E-state index contributed by atoms with van der Waals surface area (Å²) in [4.78, 5) is 12.2. The number of carbonyl (C=O) groups excluding carboxylic acids is 1. The van der Waals surface area contributed by atoms with Gasteiger partial charge in [0.05, 0.1) is 24.6 Å². The number of carbonyl (C=O) groups is 1. The minimum absolute atomic E-state index is 0. The van der Waals surface area contributed by atoms with Gasteiger partial charge in [-0.25, -0.2) is 4.68 Å². The summed E-state index contributed by atoms with van der Waals surface area (Å²) < 4.78 is 7.24. The second kappa shape index (κ2) is 8.28. The zero-order chi connectivity index (χ0) is 16.2. The van der Waals surface area contributed by atoms with Crippen molar-refractivity contribution >= 4 is 18.3 Å². The Bertz CT molecular complexity index is 681. The average molecular weight is 351 g/mol. The number of amides is 1. The second-order valence-electron chi connectivity index (χ2n) is 5.70. The molecule has 0 radical (unpaired) electrons. The van der Waals surface area contributed by atoms with E-state index in [0.29, 0.717) is 26.3 Å². The predicted molar refractivity (Wildman–Crippen MR) is 94.7 cm³/mol. The Hall–Kier alpha value is -1.89. The van der Waals surface area contributed by atoms with Crippen LogP contribution >= 0.6 is 12.4 Å². The molecule has 1 saturated heterocycles. The van der Waals surface area contributed by atoms with E-state index in [0.717, 1.165) is 22.6 Å². The summed E-state index contributed by atoms with van der Waals surface area (Å²) in [6.07, 6.45) is 0. The highest BCUT2D eigenvalue weighted by Crippen LogP contribution is 2.17. The van der Waals surface area contributed by atoms with Crippen molar-refractivity contribution in [3.05, 3.63) is 47.3 Å². The molecular formula is C17H23ClN4O2. The standard InChI is InChI=1S/C17H22N4O2.ClH/c1-12-15(10-19-17(22)16-11-23-9-8-18-16)13(2)21(20-12)14-6-4-3-5-7-14;/h3-7,16,18H,8-11H2,1-2H3,(H,19,22);1H. The SMILES string of the molecule is Cc1nn(-c2ccccc2)c(C)c1CNC(=O)C1COCCN1.Cl. The molecule has 1 aliphatic heterocycles. The van der Waals surface area contributed by atoms with Gasteiger partial charge in [0.2, 0.25) is 5.91 Å². The van der Waals surface area contributed by atoms with Crippen molar-refractivity contribution in [2.45, 2.75) is 26.4 Å². The second-order valence-corrected chi connectivity index (χ2v) is 5.70. The molecular weight excluding hydrogens is 328 g/mol. The van der Waals surface area contributed by atoms with E-state index >= 15 is 0 Å². The number of nitrogens with zero attached hydrogens (tertiary/aromatic N) is 2. The third kappa shape index (κ3) is 3.95. The minimum Gasteiger partial charge on any atom is -0.378 e. The van der Waals surface area contributed by atoms with Crippen molar-refractivity contribution in [2.24, 2.45) is 0 Å². The van der Waals surface area contributed by atoms with Crippen molar-refractivity contribution < 1.29 is 9.53 Å². The van der Waals surface area contributed by atoms with Gasteiger partial charge in [0.25, 0.3) is 0 Å². The highest BCUT2D eigenvalue weighted by molar-refractivity contribution is 5.85. The van der Waals surface area contributed by atoms with E-state index in [1.54, 1.807) is 0 Å². The first-order chi connectivity index (χ1) is 11.2. The van der Waals surface area contributed by atoms with Gasteiger partial charge in [-0.15, -0.1) is 12.4 Å². The lowest BCUT2D eigenvalue weighted by atomic mass is 10.2. The van der Waals surface area contributed by atoms with Crippen LogP contribution in [0.1, 0.15) is 17.0 Å². The van der Waals surface area contributed by atoms with Crippen LogP contribution in [-0.2, 0) is 16.1 Å². The number of nitrogens with one attached hydrogen (secondary N) is 2. The van der Waals surface area contributed by atoms with E-state index in [1.807, 2.05) is 48.9 Å². The number of hydrogen-bond acceptors (Lipinski definition) is 4. The maximum Gasteiger partial charge on any atom is 0.239 e. The molecule has 1 aliphatic rings. The minimum atomic E-state index is -0.270. The quantitative estimate of drug-likeness (QED) is 0.877. The van der Waals surface area contributed by atoms with Crippen molar-refractivity contribution in [1.82, 2.24) is 20.4 Å². The molecule has 6 nitrogen and oxygen atoms in total. The summed E-state index contributed by atoms with van der Waals surface area (Å²) in [6.45, 7) is 6.26. The Morgan fingerprint density at radius 3 is 2.79 bits per heavy atom. The van der Waals surface area contributed by atoms with Gasteiger partial charge in [0.15, 0.2) is 0 Å². The van der Waals surface area contributed by atoms with Crippen molar-refractivity contribution in [3.63, 3.8) is 0 Å². The summed E-state index contributed by atoms with van der Waals surface area (Å²) in [5, 5.41) is 10.7. The highest BCUT2D eigenvalue weighted by atomic mass is 35.5. The average Bonchev–Trinajstić information content (AvgIpc) is 2.88. The fourth-order valence-corrected chi connectivity index (χ4v) is 2.78. The van der Waals surface area contributed by atoms with Crippen molar-refractivity contribution in [3.8, 4) is 5.69 Å². The molecule has 2 N–H and O–H groups in total. The molecule has 3 rings (SSSR count). The number of benzene rings is 1. The van der Waals surface area contributed by atoms with Gasteiger partial charge in [-0.2, -0.15) is 5.10 Å². The Labute approximate surface area is 148 Å². The van der Waals surface area contributed by atoms with E-state index in [9.17, 15) is 4.79 Å². The van der Waals surface area contributed by atoms with Crippen molar-refractivity contribution in [1.29, 1.82) is 0 Å². The lowest BCUT2D eigenvalue weighted by Crippen LogP contribution is -2.51. The van der Waals surface area contributed by atoms with Crippen LogP contribution in [0.2, 0.25) is 0 Å². The first-order valence-corrected chi connectivity index (χ1v) is 7.86. The zero-order valence-corrected chi connectivity index (χ0v) is 14.7. The molecule has 2 heterocycles. The zero-order valence-electron chi connectivity index (χ0n) is 13.9. The molecule has 1 amide bonds. The summed E-state index contributed by atoms with van der Waals surface area (Å²) in [5.41, 5.74) is 4.05. The molecule has 1 fully saturated rings. The van der Waals surface area contributed by atoms with E-state index in [1.165, 1.54) is 0 Å². The topological polar surface area (TPSA) is 68.2 Å². The maximum absolute atomic E-state index is 12.2. The van der Waals surface area contributed by atoms with Gasteiger partial charge < -0.3 is 15.4 Å². The molecule has 0 bridgehead atoms. The van der Waals surface area contributed by atoms with E-state index < -0.39 is 0 Å². The lowest BCUT2D eigenvalue weighted by molar-refractivity contribution is -0.126. The monoisotopic (exact) mass is 350 g/mol. The number of aromatic nitrogens is 2. The van der Waals surface area contributed by atoms with Gasteiger partial charge in [-0.05, 0) is 26.0 Å². The molecule has 1 aromatic carbocycles. The molecule has 24 heavy (non-hydrogen) atoms. The Morgan fingerprint density at radius 2 is 2.12 bits per heavy atom. The number of rotatable bonds is 4. The molecule has 0 saturated carbocycles. The predicted octanol–water partition coefficient (Wildman–Crippen LogP) is 1.52. The number of halogens is 1. The van der Waals surface area contributed by atoms with E-state index in [2.05, 4.69) is 15.7 Å². The smallest absolute Gasteiger partial charge is 0.239 e. The highest BCUT2D eigenvalue weighted by Gasteiger charge is 2.21. The fourth-order valence-electron chi connectivity index (χ4n) is 2.78. The number of hydrogen-bond donors (Lipinski definition) is 2. The molecule has 7 heteroatoms. The molecule has 1 unspecified atom stereocenters. The Kier molecular flexibility index (Phi) is 6.36. The number of para-hydroxylation sites is 1. The molecule has 1 atom stereocenters. The first kappa shape index (κ1) is 18.4. The van der Waals surface area contributed by atoms with Gasteiger partial charge in [0.1, 0.15) is 6.04 Å². The Morgan fingerprint density at radius 1 is 1.38 bits per heavy atom. The fraction of sp³-hybridized carbons (Fsp3) is 0.412. The van der Waals surface area contributed by atoms with Crippen LogP contribution in [0.5, 0.6) is 0 Å². The maximum atomic E-state index is 12.2. The largest absolute Gasteiger partial charge is 0.378 e. The number of aryl methyl sites for hydroxylation is 1. The van der Waals surface area contributed by atoms with Gasteiger partial charge in [-0.3, -0.25) is 4.79 Å². The number of morpholine rings is 1. The molecule has 130 valence electrons. The van der Waals surface area contributed by atoms with Gasteiger partial charge >= 0.3 is 0 Å². The van der Waals surface area contributed by atoms with E-state index in [-0.39, 0.29) is 24.4 Å². The van der Waals surface area contributed by atoms with Crippen LogP contribution in [-0.4, -0.2) is 41.5 Å². The Balaban J connectivity index is 0.00000208. The summed E-state index contributed by atoms with van der Waals surface area (Å²) in [6, 6.07) is 9.73. The van der Waals surface area contributed by atoms with Crippen LogP contribution in [0, 0.1) is 13.8 Å². The first-order valence-electron chi connectivity index (χ1n) is 7.86. The molecule has 0 spiro atoms. The molecule has 0 aliphatic carbocycles. The normalized spacial score (nSPS) is 17.2. The van der Waals surface area contributed by atoms with Crippen molar-refractivity contribution in [2.75, 3.05) is 19.8 Å². The summed E-state index contributed by atoms with van der Waals surface area (Å²) >= 11 is 0.